The summed E-state index contributed by atoms with van der Waals surface area (Å²) in [6.45, 7) is 8.56. The second-order valence-electron chi connectivity index (χ2n) is 10.4. The average molecular weight is 576 g/mol. The molecule has 5 rings (SSSR count). The molecule has 7 heteroatoms. The van der Waals surface area contributed by atoms with Gasteiger partial charge in [-0.2, -0.15) is 0 Å². The molecule has 0 spiro atoms. The van der Waals surface area contributed by atoms with E-state index in [2.05, 4.69) is 44.3 Å². The molecule has 0 atom stereocenters. The monoisotopic (exact) mass is 575 g/mol. The van der Waals surface area contributed by atoms with Gasteiger partial charge in [-0.05, 0) is 86.9 Å². The van der Waals surface area contributed by atoms with Gasteiger partial charge in [0.2, 0.25) is 0 Å². The molecule has 1 aliphatic rings. The lowest BCUT2D eigenvalue weighted by atomic mass is 9.85. The Hall–Kier alpha value is -3.61. The number of allylic oxidation sites excluding steroid dienone is 1. The Morgan fingerprint density at radius 2 is 1.73 bits per heavy atom. The Balaban J connectivity index is 1.54. The van der Waals surface area contributed by atoms with Gasteiger partial charge in [0.1, 0.15) is 29.7 Å². The second kappa shape index (κ2) is 11.5. The van der Waals surface area contributed by atoms with Crippen LogP contribution in [0.3, 0.4) is 0 Å². The van der Waals surface area contributed by atoms with Gasteiger partial charge >= 0.3 is 0 Å². The van der Waals surface area contributed by atoms with Gasteiger partial charge in [-0.15, -0.1) is 0 Å². The standard InChI is InChI=1S/C33H31ClFNO3S/c1-20-9-10-23(35)16-30(20)38-19-28-26(13-14-29-32(28)21(2)18-33(3,4)36-29)27-12-11-24(17-31(27)37-5)39-40-25-8-6-7-22(34)15-25/h6-18,36H,19H2,1-5H3. The zero-order chi connectivity index (χ0) is 28.4. The third-order valence-electron chi connectivity index (χ3n) is 6.76. The highest BCUT2D eigenvalue weighted by Gasteiger charge is 2.27. The van der Waals surface area contributed by atoms with E-state index in [1.807, 2.05) is 49.4 Å². The van der Waals surface area contributed by atoms with Gasteiger partial charge in [0.15, 0.2) is 0 Å². The number of methoxy groups -OCH3 is 1. The second-order valence-corrected chi connectivity index (χ2v) is 11.6. The van der Waals surface area contributed by atoms with Crippen molar-refractivity contribution >= 4 is 34.9 Å². The molecule has 0 bridgehead atoms. The number of hydrogen-bond donors (Lipinski definition) is 1. The lowest BCUT2D eigenvalue weighted by molar-refractivity contribution is 0.302. The third kappa shape index (κ3) is 6.08. The van der Waals surface area contributed by atoms with Crippen molar-refractivity contribution in [1.82, 2.24) is 0 Å². The molecule has 40 heavy (non-hydrogen) atoms. The molecule has 1 N–H and O–H groups in total. The molecule has 1 heterocycles. The van der Waals surface area contributed by atoms with Gasteiger partial charge in [0, 0.05) is 44.4 Å². The van der Waals surface area contributed by atoms with E-state index in [-0.39, 0.29) is 18.0 Å². The lowest BCUT2D eigenvalue weighted by Gasteiger charge is -2.33. The summed E-state index contributed by atoms with van der Waals surface area (Å²) in [4.78, 5) is 0.898. The largest absolute Gasteiger partial charge is 0.496 e. The van der Waals surface area contributed by atoms with E-state index in [9.17, 15) is 4.39 Å². The first-order valence-corrected chi connectivity index (χ1v) is 14.1. The van der Waals surface area contributed by atoms with Crippen LogP contribution in [0.5, 0.6) is 17.2 Å². The number of benzene rings is 4. The number of ether oxygens (including phenoxy) is 2. The minimum atomic E-state index is -0.330. The SMILES string of the molecule is COc1cc(OSc2cccc(Cl)c2)ccc1-c1ccc2c(c1COc1cc(F)ccc1C)C(C)=CC(C)(C)N2. The topological polar surface area (TPSA) is 39.7 Å². The zero-order valence-corrected chi connectivity index (χ0v) is 24.7. The highest BCUT2D eigenvalue weighted by Crippen LogP contribution is 2.44. The molecule has 0 unspecified atom stereocenters. The summed E-state index contributed by atoms with van der Waals surface area (Å²) in [5.41, 5.74) is 6.78. The van der Waals surface area contributed by atoms with Crippen LogP contribution in [-0.2, 0) is 6.61 Å². The van der Waals surface area contributed by atoms with Crippen LogP contribution >= 0.6 is 23.6 Å². The number of hydrogen-bond acceptors (Lipinski definition) is 5. The predicted octanol–water partition coefficient (Wildman–Crippen LogP) is 9.74. The van der Waals surface area contributed by atoms with Crippen molar-refractivity contribution in [3.63, 3.8) is 0 Å². The maximum Gasteiger partial charge on any atom is 0.141 e. The normalized spacial score (nSPS) is 13.6. The Kier molecular flexibility index (Phi) is 8.02. The zero-order valence-electron chi connectivity index (χ0n) is 23.1. The van der Waals surface area contributed by atoms with E-state index < -0.39 is 0 Å². The fraction of sp³-hybridized carbons (Fsp3) is 0.212. The first-order chi connectivity index (χ1) is 19.1. The number of aryl methyl sites for hydroxylation is 1. The van der Waals surface area contributed by atoms with E-state index in [0.717, 1.165) is 44.0 Å². The van der Waals surface area contributed by atoms with Crippen LogP contribution in [0.15, 0.2) is 83.8 Å². The molecule has 0 aliphatic carbocycles. The van der Waals surface area contributed by atoms with Gasteiger partial charge in [-0.25, -0.2) is 4.39 Å². The van der Waals surface area contributed by atoms with Crippen LogP contribution in [0.25, 0.3) is 16.7 Å². The summed E-state index contributed by atoms with van der Waals surface area (Å²) in [5.74, 6) is 1.50. The van der Waals surface area contributed by atoms with Crippen LogP contribution < -0.4 is 19.0 Å². The average Bonchev–Trinajstić information content (AvgIpc) is 2.91. The highest BCUT2D eigenvalue weighted by atomic mass is 35.5. The number of nitrogens with one attached hydrogen (secondary N) is 1. The van der Waals surface area contributed by atoms with E-state index in [1.165, 1.54) is 24.2 Å². The molecule has 0 amide bonds. The molecule has 0 saturated carbocycles. The predicted molar refractivity (Wildman–Crippen MR) is 163 cm³/mol. The van der Waals surface area contributed by atoms with E-state index in [4.69, 9.17) is 25.3 Å². The molecule has 206 valence electrons. The molecule has 4 aromatic carbocycles. The summed E-state index contributed by atoms with van der Waals surface area (Å²) in [5, 5.41) is 4.28. The molecular weight excluding hydrogens is 545 g/mol. The van der Waals surface area contributed by atoms with Crippen molar-refractivity contribution in [2.24, 2.45) is 0 Å². The fourth-order valence-electron chi connectivity index (χ4n) is 5.04. The molecule has 4 nitrogen and oxygen atoms in total. The molecule has 0 saturated heterocycles. The lowest BCUT2D eigenvalue weighted by Crippen LogP contribution is -2.32. The number of fused-ring (bicyclic) bond motifs is 1. The Bertz CT molecular complexity index is 1600. The molecule has 0 radical (unpaired) electrons. The van der Waals surface area contributed by atoms with E-state index in [0.29, 0.717) is 22.3 Å². The summed E-state index contributed by atoms with van der Waals surface area (Å²) in [6, 6.07) is 22.1. The summed E-state index contributed by atoms with van der Waals surface area (Å²) in [6.07, 6.45) is 2.22. The Labute approximate surface area is 244 Å². The van der Waals surface area contributed by atoms with Crippen molar-refractivity contribution in [1.29, 1.82) is 0 Å². The molecular formula is C33H31ClFNO3S. The third-order valence-corrected chi connectivity index (χ3v) is 7.71. The van der Waals surface area contributed by atoms with Crippen LogP contribution in [0.1, 0.15) is 37.5 Å². The minimum absolute atomic E-state index is 0.187. The summed E-state index contributed by atoms with van der Waals surface area (Å²) < 4.78 is 32.1. The minimum Gasteiger partial charge on any atom is -0.496 e. The maximum atomic E-state index is 14.0. The van der Waals surface area contributed by atoms with Crippen molar-refractivity contribution in [2.75, 3.05) is 12.4 Å². The van der Waals surface area contributed by atoms with Crippen molar-refractivity contribution in [3.05, 3.63) is 106 Å². The Morgan fingerprint density at radius 3 is 2.50 bits per heavy atom. The molecule has 0 aromatic heterocycles. The van der Waals surface area contributed by atoms with Gasteiger partial charge < -0.3 is 19.0 Å². The Morgan fingerprint density at radius 1 is 0.925 bits per heavy atom. The van der Waals surface area contributed by atoms with Gasteiger partial charge in [-0.1, -0.05) is 35.9 Å². The molecule has 4 aromatic rings. The number of halogens is 2. The first kappa shape index (κ1) is 27.9. The fourth-order valence-corrected chi connectivity index (χ4v) is 5.90. The smallest absolute Gasteiger partial charge is 0.141 e. The van der Waals surface area contributed by atoms with Gasteiger partial charge in [0.25, 0.3) is 0 Å². The first-order valence-electron chi connectivity index (χ1n) is 12.9. The number of anilines is 1. The van der Waals surface area contributed by atoms with Gasteiger partial charge in [-0.3, -0.25) is 0 Å². The van der Waals surface area contributed by atoms with Crippen LogP contribution in [0.4, 0.5) is 10.1 Å². The maximum absolute atomic E-state index is 14.0. The van der Waals surface area contributed by atoms with Crippen LogP contribution in [-0.4, -0.2) is 12.6 Å². The van der Waals surface area contributed by atoms with Crippen LogP contribution in [0.2, 0.25) is 5.02 Å². The highest BCUT2D eigenvalue weighted by molar-refractivity contribution is 7.95. The van der Waals surface area contributed by atoms with Crippen molar-refractivity contribution in [3.8, 4) is 28.4 Å². The molecule has 0 fully saturated rings. The van der Waals surface area contributed by atoms with E-state index in [1.54, 1.807) is 13.2 Å². The summed E-state index contributed by atoms with van der Waals surface area (Å²) in [7, 11) is 1.65. The van der Waals surface area contributed by atoms with Crippen LogP contribution in [0, 0.1) is 12.7 Å². The van der Waals surface area contributed by atoms with E-state index >= 15 is 0 Å². The quantitative estimate of drug-likeness (QED) is 0.212. The number of rotatable bonds is 8. The summed E-state index contributed by atoms with van der Waals surface area (Å²) >= 11 is 7.34. The molecule has 1 aliphatic heterocycles. The van der Waals surface area contributed by atoms with Crippen molar-refractivity contribution in [2.45, 2.75) is 44.7 Å². The van der Waals surface area contributed by atoms with Gasteiger partial charge in [0.05, 0.1) is 24.7 Å². The van der Waals surface area contributed by atoms with Crippen molar-refractivity contribution < 1.29 is 18.0 Å².